The molecular weight excluding hydrogens is 475 g/mol. The van der Waals surface area contributed by atoms with E-state index in [1.54, 1.807) is 0 Å². The maximum Gasteiger partial charge on any atom is 0.416 e. The van der Waals surface area contributed by atoms with Crippen molar-refractivity contribution in [3.8, 4) is 0 Å². The van der Waals surface area contributed by atoms with Crippen molar-refractivity contribution in [1.82, 2.24) is 5.32 Å². The van der Waals surface area contributed by atoms with E-state index in [0.29, 0.717) is 12.0 Å². The van der Waals surface area contributed by atoms with Crippen molar-refractivity contribution >= 4 is 27.3 Å². The molecule has 0 aromatic heterocycles. The number of benzene rings is 3. The van der Waals surface area contributed by atoms with Gasteiger partial charge in [-0.15, -0.1) is 0 Å². The van der Waals surface area contributed by atoms with E-state index in [1.165, 1.54) is 54.6 Å². The monoisotopic (exact) mass is 493 g/mol. The summed E-state index contributed by atoms with van der Waals surface area (Å²) in [5.41, 5.74) is -0.106. The van der Waals surface area contributed by atoms with Crippen LogP contribution in [-0.2, 0) is 22.6 Å². The summed E-state index contributed by atoms with van der Waals surface area (Å²) in [6.07, 6.45) is -4.09. The topological polar surface area (TPSA) is 118 Å². The zero-order chi connectivity index (χ0) is 24.9. The summed E-state index contributed by atoms with van der Waals surface area (Å²) in [6, 6.07) is 14.7. The largest absolute Gasteiger partial charge is 0.416 e. The van der Waals surface area contributed by atoms with Crippen LogP contribution in [0.4, 0.5) is 24.5 Å². The molecule has 0 bridgehead atoms. The summed E-state index contributed by atoms with van der Waals surface area (Å²) in [6.45, 7) is 0.186. The number of nitro groups is 1. The van der Waals surface area contributed by atoms with Crippen molar-refractivity contribution in [2.24, 2.45) is 0 Å². The molecule has 8 nitrogen and oxygen atoms in total. The average molecular weight is 493 g/mol. The summed E-state index contributed by atoms with van der Waals surface area (Å²) < 4.78 is 65.0. The van der Waals surface area contributed by atoms with Gasteiger partial charge in [0.2, 0.25) is 0 Å². The van der Waals surface area contributed by atoms with Crippen LogP contribution in [0.1, 0.15) is 21.5 Å². The molecule has 0 unspecified atom stereocenters. The van der Waals surface area contributed by atoms with Crippen molar-refractivity contribution in [3.05, 3.63) is 99.6 Å². The first-order chi connectivity index (χ1) is 16.0. The van der Waals surface area contributed by atoms with Crippen LogP contribution < -0.4 is 10.0 Å². The summed E-state index contributed by atoms with van der Waals surface area (Å²) in [4.78, 5) is 22.1. The number of anilines is 1. The van der Waals surface area contributed by atoms with E-state index >= 15 is 0 Å². The summed E-state index contributed by atoms with van der Waals surface area (Å²) in [5.74, 6) is -0.444. The molecule has 0 fully saturated rings. The molecule has 0 aliphatic heterocycles. The highest BCUT2D eigenvalue weighted by Gasteiger charge is 2.29. The van der Waals surface area contributed by atoms with E-state index in [-0.39, 0.29) is 28.4 Å². The van der Waals surface area contributed by atoms with Crippen molar-refractivity contribution in [2.75, 3.05) is 11.3 Å². The van der Waals surface area contributed by atoms with Gasteiger partial charge in [-0.3, -0.25) is 19.6 Å². The van der Waals surface area contributed by atoms with E-state index in [9.17, 15) is 36.5 Å². The highest BCUT2D eigenvalue weighted by atomic mass is 32.2. The molecule has 0 aliphatic carbocycles. The van der Waals surface area contributed by atoms with Gasteiger partial charge in [-0.2, -0.15) is 13.2 Å². The fourth-order valence-corrected chi connectivity index (χ4v) is 4.05. The molecule has 0 heterocycles. The minimum Gasteiger partial charge on any atom is -0.352 e. The first-order valence-corrected chi connectivity index (χ1v) is 11.3. The standard InChI is InChI=1S/C22H18F3N3O5S/c23-22(24,25)17-8-4-15(5-9-17)12-13-26-21(29)16-6-10-18(11-7-16)27-34(32,33)20-3-1-2-19(14-20)28(30)31/h1-11,14,27H,12-13H2,(H,26,29). The van der Waals surface area contributed by atoms with E-state index in [0.717, 1.165) is 18.2 Å². The van der Waals surface area contributed by atoms with Crippen molar-refractivity contribution in [3.63, 3.8) is 0 Å². The maximum absolute atomic E-state index is 12.6. The van der Waals surface area contributed by atoms with Gasteiger partial charge in [0.15, 0.2) is 0 Å². The molecule has 0 atom stereocenters. The van der Waals surface area contributed by atoms with E-state index in [2.05, 4.69) is 10.0 Å². The Labute approximate surface area is 192 Å². The predicted molar refractivity (Wildman–Crippen MR) is 118 cm³/mol. The van der Waals surface area contributed by atoms with E-state index < -0.39 is 32.6 Å². The van der Waals surface area contributed by atoms with Gasteiger partial charge in [-0.1, -0.05) is 18.2 Å². The molecule has 3 aromatic carbocycles. The minimum absolute atomic E-state index is 0.146. The lowest BCUT2D eigenvalue weighted by atomic mass is 10.1. The SMILES string of the molecule is O=C(NCCc1ccc(C(F)(F)F)cc1)c1ccc(NS(=O)(=O)c2cccc([N+](=O)[O-])c2)cc1. The van der Waals surface area contributed by atoms with Crippen LogP contribution in [0.3, 0.4) is 0 Å². The lowest BCUT2D eigenvalue weighted by Crippen LogP contribution is -2.25. The summed E-state index contributed by atoms with van der Waals surface area (Å²) >= 11 is 0. The Morgan fingerprint density at radius 3 is 2.21 bits per heavy atom. The fraction of sp³-hybridized carbons (Fsp3) is 0.136. The highest BCUT2D eigenvalue weighted by molar-refractivity contribution is 7.92. The van der Waals surface area contributed by atoms with Crippen molar-refractivity contribution < 1.29 is 31.3 Å². The first-order valence-electron chi connectivity index (χ1n) is 9.77. The average Bonchev–Trinajstić information content (AvgIpc) is 2.79. The Hall–Kier alpha value is -3.93. The van der Waals surface area contributed by atoms with Crippen molar-refractivity contribution in [1.29, 1.82) is 0 Å². The van der Waals surface area contributed by atoms with E-state index in [4.69, 9.17) is 0 Å². The Kier molecular flexibility index (Phi) is 7.20. The molecule has 1 amide bonds. The summed E-state index contributed by atoms with van der Waals surface area (Å²) in [5, 5.41) is 13.5. The molecule has 0 saturated carbocycles. The number of nitrogens with zero attached hydrogens (tertiary/aromatic N) is 1. The zero-order valence-corrected chi connectivity index (χ0v) is 18.2. The van der Waals surface area contributed by atoms with Crippen LogP contribution in [0.5, 0.6) is 0 Å². The third-order valence-corrected chi connectivity index (χ3v) is 6.10. The van der Waals surface area contributed by atoms with Crippen LogP contribution in [0, 0.1) is 10.1 Å². The Bertz CT molecular complexity index is 1290. The van der Waals surface area contributed by atoms with Gasteiger partial charge >= 0.3 is 6.18 Å². The van der Waals surface area contributed by atoms with Gasteiger partial charge in [0.05, 0.1) is 15.4 Å². The number of hydrogen-bond acceptors (Lipinski definition) is 5. The molecule has 0 spiro atoms. The zero-order valence-electron chi connectivity index (χ0n) is 17.4. The molecule has 3 rings (SSSR count). The second kappa shape index (κ2) is 9.91. The number of hydrogen-bond donors (Lipinski definition) is 2. The van der Waals surface area contributed by atoms with Crippen LogP contribution in [-0.4, -0.2) is 25.8 Å². The molecule has 178 valence electrons. The number of alkyl halides is 3. The number of carbonyl (C=O) groups excluding carboxylic acids is 1. The van der Waals surface area contributed by atoms with Crippen LogP contribution in [0.15, 0.2) is 77.7 Å². The number of nitrogens with one attached hydrogen (secondary N) is 2. The second-order valence-corrected chi connectivity index (χ2v) is 8.82. The number of nitro benzene ring substituents is 1. The molecule has 0 radical (unpaired) electrons. The molecule has 34 heavy (non-hydrogen) atoms. The third-order valence-electron chi connectivity index (χ3n) is 4.72. The van der Waals surface area contributed by atoms with Crippen LogP contribution in [0.2, 0.25) is 0 Å². The lowest BCUT2D eigenvalue weighted by molar-refractivity contribution is -0.385. The van der Waals surface area contributed by atoms with Crippen molar-refractivity contribution in [2.45, 2.75) is 17.5 Å². The minimum atomic E-state index is -4.41. The second-order valence-electron chi connectivity index (χ2n) is 7.14. The maximum atomic E-state index is 12.6. The van der Waals surface area contributed by atoms with Gasteiger partial charge in [-0.25, -0.2) is 8.42 Å². The number of halogens is 3. The van der Waals surface area contributed by atoms with Gasteiger partial charge < -0.3 is 5.32 Å². The molecular formula is C22H18F3N3O5S. The van der Waals surface area contributed by atoms with E-state index in [1.807, 2.05) is 0 Å². The first kappa shape index (κ1) is 24.7. The molecule has 0 saturated heterocycles. The number of sulfonamides is 1. The summed E-state index contributed by atoms with van der Waals surface area (Å²) in [7, 11) is -4.09. The molecule has 0 aliphatic rings. The normalized spacial score (nSPS) is 11.6. The molecule has 3 aromatic rings. The fourth-order valence-electron chi connectivity index (χ4n) is 2.95. The van der Waals surface area contributed by atoms with Gasteiger partial charge in [-0.05, 0) is 54.4 Å². The number of amides is 1. The van der Waals surface area contributed by atoms with Crippen LogP contribution in [0.25, 0.3) is 0 Å². The van der Waals surface area contributed by atoms with Crippen LogP contribution >= 0.6 is 0 Å². The highest BCUT2D eigenvalue weighted by Crippen LogP contribution is 2.29. The predicted octanol–water partition coefficient (Wildman–Crippen LogP) is 4.39. The quantitative estimate of drug-likeness (QED) is 0.357. The number of rotatable bonds is 8. The third kappa shape index (κ3) is 6.32. The van der Waals surface area contributed by atoms with Gasteiger partial charge in [0.25, 0.3) is 21.6 Å². The Morgan fingerprint density at radius 1 is 0.971 bits per heavy atom. The molecule has 2 N–H and O–H groups in total. The molecule has 12 heteroatoms. The smallest absolute Gasteiger partial charge is 0.352 e. The Morgan fingerprint density at radius 2 is 1.62 bits per heavy atom. The number of carbonyl (C=O) groups is 1. The lowest BCUT2D eigenvalue weighted by Gasteiger charge is -2.10. The van der Waals surface area contributed by atoms with Gasteiger partial charge in [0.1, 0.15) is 0 Å². The van der Waals surface area contributed by atoms with Gasteiger partial charge in [0, 0.05) is 29.9 Å². The Balaban J connectivity index is 1.57. The number of non-ortho nitro benzene ring substituents is 1.